The number of aromatic nitrogens is 1. The Kier molecular flexibility index (Phi) is 6.27. The molecule has 28 heavy (non-hydrogen) atoms. The lowest BCUT2D eigenvalue weighted by Gasteiger charge is -2.10. The summed E-state index contributed by atoms with van der Waals surface area (Å²) in [5, 5.41) is 3.72. The summed E-state index contributed by atoms with van der Waals surface area (Å²) in [5.74, 6) is -0.884. The van der Waals surface area contributed by atoms with E-state index in [9.17, 15) is 9.59 Å². The predicted octanol–water partition coefficient (Wildman–Crippen LogP) is 4.29. The van der Waals surface area contributed by atoms with Crippen LogP contribution in [-0.2, 0) is 16.6 Å². The average molecular weight is 376 g/mol. The number of hydrogen-bond acceptors (Lipinski definition) is 3. The molecule has 144 valence electrons. The summed E-state index contributed by atoms with van der Waals surface area (Å²) in [5.41, 5.74) is 2.49. The number of carbonyl (C=O) groups is 2. The van der Waals surface area contributed by atoms with Crippen molar-refractivity contribution in [2.75, 3.05) is 6.61 Å². The van der Waals surface area contributed by atoms with Crippen molar-refractivity contribution in [3.05, 3.63) is 77.6 Å². The van der Waals surface area contributed by atoms with Crippen LogP contribution < -0.4 is 5.32 Å². The van der Waals surface area contributed by atoms with Crippen molar-refractivity contribution in [3.63, 3.8) is 0 Å². The SMILES string of the molecule is CCCCOC(=O)C(=Cc1cn(C)c2ccccc12)NC(=O)c1ccccc1. The third kappa shape index (κ3) is 4.49. The van der Waals surface area contributed by atoms with Gasteiger partial charge in [-0.15, -0.1) is 0 Å². The minimum Gasteiger partial charge on any atom is -0.461 e. The van der Waals surface area contributed by atoms with Crippen LogP contribution in [0.4, 0.5) is 0 Å². The zero-order chi connectivity index (χ0) is 19.9. The maximum Gasteiger partial charge on any atom is 0.354 e. The molecule has 0 aliphatic carbocycles. The first-order valence-corrected chi connectivity index (χ1v) is 9.39. The molecule has 1 N–H and O–H groups in total. The van der Waals surface area contributed by atoms with Gasteiger partial charge in [0.2, 0.25) is 0 Å². The van der Waals surface area contributed by atoms with Gasteiger partial charge in [-0.3, -0.25) is 4.79 Å². The highest BCUT2D eigenvalue weighted by Gasteiger charge is 2.17. The standard InChI is InChI=1S/C23H24N2O3/c1-3-4-14-28-23(27)20(24-22(26)17-10-6-5-7-11-17)15-18-16-25(2)21-13-9-8-12-19(18)21/h5-13,15-16H,3-4,14H2,1-2H3,(H,24,26). The van der Waals surface area contributed by atoms with Crippen molar-refractivity contribution in [2.24, 2.45) is 7.05 Å². The van der Waals surface area contributed by atoms with Crippen LogP contribution in [0.5, 0.6) is 0 Å². The van der Waals surface area contributed by atoms with E-state index in [0.717, 1.165) is 29.3 Å². The summed E-state index contributed by atoms with van der Waals surface area (Å²) in [6.45, 7) is 2.35. The summed E-state index contributed by atoms with van der Waals surface area (Å²) in [7, 11) is 1.95. The van der Waals surface area contributed by atoms with E-state index in [-0.39, 0.29) is 11.6 Å². The van der Waals surface area contributed by atoms with Gasteiger partial charge in [0.05, 0.1) is 6.61 Å². The molecule has 0 saturated carbocycles. The first kappa shape index (κ1) is 19.4. The molecule has 0 spiro atoms. The summed E-state index contributed by atoms with van der Waals surface area (Å²) >= 11 is 0. The number of carbonyl (C=O) groups excluding carboxylic acids is 2. The zero-order valence-corrected chi connectivity index (χ0v) is 16.1. The second-order valence-electron chi connectivity index (χ2n) is 6.58. The fraction of sp³-hybridized carbons (Fsp3) is 0.217. The maximum atomic E-state index is 12.6. The molecule has 3 rings (SSSR count). The third-order valence-corrected chi connectivity index (χ3v) is 4.46. The van der Waals surface area contributed by atoms with Crippen LogP contribution in [0.3, 0.4) is 0 Å². The van der Waals surface area contributed by atoms with Gasteiger partial charge in [0.15, 0.2) is 0 Å². The fourth-order valence-electron chi connectivity index (χ4n) is 2.96. The number of rotatable bonds is 7. The normalized spacial score (nSPS) is 11.4. The van der Waals surface area contributed by atoms with Crippen LogP contribution in [-0.4, -0.2) is 23.1 Å². The Morgan fingerprint density at radius 1 is 1.07 bits per heavy atom. The molecule has 0 saturated heterocycles. The van der Waals surface area contributed by atoms with Crippen LogP contribution >= 0.6 is 0 Å². The van der Waals surface area contributed by atoms with E-state index in [2.05, 4.69) is 5.32 Å². The maximum absolute atomic E-state index is 12.6. The average Bonchev–Trinajstić information content (AvgIpc) is 3.04. The molecule has 0 unspecified atom stereocenters. The van der Waals surface area contributed by atoms with E-state index < -0.39 is 5.97 Å². The molecular formula is C23H24N2O3. The molecule has 0 aliphatic heterocycles. The highest BCUT2D eigenvalue weighted by Crippen LogP contribution is 2.22. The lowest BCUT2D eigenvalue weighted by Crippen LogP contribution is -2.28. The summed E-state index contributed by atoms with van der Waals surface area (Å²) in [6, 6.07) is 16.7. The number of hydrogen-bond donors (Lipinski definition) is 1. The number of para-hydroxylation sites is 1. The molecule has 5 nitrogen and oxygen atoms in total. The van der Waals surface area contributed by atoms with Gasteiger partial charge in [0, 0.05) is 35.3 Å². The highest BCUT2D eigenvalue weighted by atomic mass is 16.5. The fourth-order valence-corrected chi connectivity index (χ4v) is 2.96. The van der Waals surface area contributed by atoms with Crippen molar-refractivity contribution >= 4 is 28.9 Å². The topological polar surface area (TPSA) is 60.3 Å². The van der Waals surface area contributed by atoms with Crippen molar-refractivity contribution in [1.82, 2.24) is 9.88 Å². The molecule has 0 radical (unpaired) electrons. The molecular weight excluding hydrogens is 352 g/mol. The molecule has 1 heterocycles. The van der Waals surface area contributed by atoms with Crippen molar-refractivity contribution in [3.8, 4) is 0 Å². The molecule has 3 aromatic rings. The Hall–Kier alpha value is -3.34. The van der Waals surface area contributed by atoms with Gasteiger partial charge in [-0.2, -0.15) is 0 Å². The number of unbranched alkanes of at least 4 members (excludes halogenated alkanes) is 1. The van der Waals surface area contributed by atoms with Crippen LogP contribution in [0.2, 0.25) is 0 Å². The van der Waals surface area contributed by atoms with Gasteiger partial charge in [-0.05, 0) is 30.7 Å². The van der Waals surface area contributed by atoms with Crippen molar-refractivity contribution in [1.29, 1.82) is 0 Å². The number of benzene rings is 2. The van der Waals surface area contributed by atoms with Crippen LogP contribution in [0, 0.1) is 0 Å². The first-order chi connectivity index (χ1) is 13.6. The number of amides is 1. The monoisotopic (exact) mass is 376 g/mol. The van der Waals surface area contributed by atoms with Crippen LogP contribution in [0.1, 0.15) is 35.7 Å². The smallest absolute Gasteiger partial charge is 0.354 e. The van der Waals surface area contributed by atoms with Gasteiger partial charge in [0.1, 0.15) is 5.70 Å². The largest absolute Gasteiger partial charge is 0.461 e. The highest BCUT2D eigenvalue weighted by molar-refractivity contribution is 6.04. The van der Waals surface area contributed by atoms with Crippen LogP contribution in [0.15, 0.2) is 66.5 Å². The van der Waals surface area contributed by atoms with E-state index in [1.54, 1.807) is 30.3 Å². The molecule has 0 bridgehead atoms. The summed E-state index contributed by atoms with van der Waals surface area (Å²) < 4.78 is 7.33. The number of nitrogens with zero attached hydrogens (tertiary/aromatic N) is 1. The number of ether oxygens (including phenoxy) is 1. The lowest BCUT2D eigenvalue weighted by atomic mass is 10.1. The van der Waals surface area contributed by atoms with Crippen LogP contribution in [0.25, 0.3) is 17.0 Å². The Labute approximate surface area is 164 Å². The Morgan fingerprint density at radius 2 is 1.79 bits per heavy atom. The summed E-state index contributed by atoms with van der Waals surface area (Å²) in [6.07, 6.45) is 5.31. The Morgan fingerprint density at radius 3 is 2.54 bits per heavy atom. The summed E-state index contributed by atoms with van der Waals surface area (Å²) in [4.78, 5) is 25.2. The molecule has 0 aliphatic rings. The number of fused-ring (bicyclic) bond motifs is 1. The third-order valence-electron chi connectivity index (χ3n) is 4.46. The van der Waals surface area contributed by atoms with E-state index >= 15 is 0 Å². The minimum absolute atomic E-state index is 0.126. The van der Waals surface area contributed by atoms with Gasteiger partial charge < -0.3 is 14.6 Å². The Balaban J connectivity index is 1.94. The second kappa shape index (κ2) is 9.04. The Bertz CT molecular complexity index is 1000. The van der Waals surface area contributed by atoms with E-state index in [1.165, 1.54) is 0 Å². The number of nitrogens with one attached hydrogen (secondary N) is 1. The number of aryl methyl sites for hydroxylation is 1. The van der Waals surface area contributed by atoms with E-state index in [0.29, 0.717) is 12.2 Å². The quantitative estimate of drug-likeness (QED) is 0.380. The van der Waals surface area contributed by atoms with Gasteiger partial charge >= 0.3 is 5.97 Å². The predicted molar refractivity (Wildman–Crippen MR) is 111 cm³/mol. The first-order valence-electron chi connectivity index (χ1n) is 9.39. The van der Waals surface area contributed by atoms with E-state index in [1.807, 2.05) is 55.1 Å². The van der Waals surface area contributed by atoms with Gasteiger partial charge in [-0.1, -0.05) is 49.7 Å². The minimum atomic E-state index is -0.536. The van der Waals surface area contributed by atoms with Gasteiger partial charge in [-0.25, -0.2) is 4.79 Å². The second-order valence-corrected chi connectivity index (χ2v) is 6.58. The van der Waals surface area contributed by atoms with Gasteiger partial charge in [0.25, 0.3) is 5.91 Å². The molecule has 0 fully saturated rings. The zero-order valence-electron chi connectivity index (χ0n) is 16.1. The lowest BCUT2D eigenvalue weighted by molar-refractivity contribution is -0.139. The molecule has 5 heteroatoms. The number of esters is 1. The molecule has 1 aromatic heterocycles. The van der Waals surface area contributed by atoms with Crippen molar-refractivity contribution in [2.45, 2.75) is 19.8 Å². The molecule has 0 atom stereocenters. The molecule has 2 aromatic carbocycles. The van der Waals surface area contributed by atoms with Crippen molar-refractivity contribution < 1.29 is 14.3 Å². The van der Waals surface area contributed by atoms with E-state index in [4.69, 9.17) is 4.74 Å². The molecule has 1 amide bonds.